The molecule has 0 unspecified atom stereocenters. The minimum atomic E-state index is -0.624. The smallest absolute Gasteiger partial charge is 0.230 e. The zero-order valence-corrected chi connectivity index (χ0v) is 16.4. The predicted octanol–water partition coefficient (Wildman–Crippen LogP) is 1.50. The van der Waals surface area contributed by atoms with Crippen LogP contribution in [0.5, 0.6) is 0 Å². The number of aryl methyl sites for hydroxylation is 1. The maximum absolute atomic E-state index is 13.2. The van der Waals surface area contributed by atoms with Crippen molar-refractivity contribution in [2.45, 2.75) is 45.4 Å². The summed E-state index contributed by atoms with van der Waals surface area (Å²) in [5, 5.41) is 0. The van der Waals surface area contributed by atoms with Crippen LogP contribution in [0.4, 0.5) is 0 Å². The number of nitrogens with one attached hydrogen (secondary N) is 1. The molecule has 2 saturated heterocycles. The molecule has 1 aromatic rings. The van der Waals surface area contributed by atoms with E-state index < -0.39 is 17.4 Å². The van der Waals surface area contributed by atoms with E-state index in [1.165, 1.54) is 0 Å². The van der Waals surface area contributed by atoms with Gasteiger partial charge in [0, 0.05) is 25.5 Å². The lowest BCUT2D eigenvalue weighted by Crippen LogP contribution is -2.44. The van der Waals surface area contributed by atoms with Crippen molar-refractivity contribution < 1.29 is 14.3 Å². The summed E-state index contributed by atoms with van der Waals surface area (Å²) in [5.41, 5.74) is 0.337. The normalized spacial score (nSPS) is 31.2. The van der Waals surface area contributed by atoms with Crippen LogP contribution in [0.15, 0.2) is 18.3 Å². The van der Waals surface area contributed by atoms with Gasteiger partial charge in [0.25, 0.3) is 0 Å². The molecule has 27 heavy (non-hydrogen) atoms. The molecular formula is C20H28N4O3. The highest BCUT2D eigenvalue weighted by atomic mass is 16.5. The molecule has 1 N–H and O–H groups in total. The molecule has 3 aliphatic heterocycles. The second kappa shape index (κ2) is 6.48. The second-order valence-electron chi connectivity index (χ2n) is 8.55. The third kappa shape index (κ3) is 2.98. The highest BCUT2D eigenvalue weighted by Gasteiger charge is 2.66. The van der Waals surface area contributed by atoms with Crippen molar-refractivity contribution in [1.82, 2.24) is 19.8 Å². The van der Waals surface area contributed by atoms with E-state index in [1.54, 1.807) is 18.1 Å². The number of likely N-dealkylation sites (tertiary alicyclic amines) is 1. The summed E-state index contributed by atoms with van der Waals surface area (Å²) >= 11 is 0. The van der Waals surface area contributed by atoms with Gasteiger partial charge in [0.05, 0.1) is 31.0 Å². The molecule has 2 bridgehead atoms. The molecule has 0 saturated carbocycles. The van der Waals surface area contributed by atoms with E-state index in [1.807, 2.05) is 24.0 Å². The van der Waals surface area contributed by atoms with E-state index in [2.05, 4.69) is 23.8 Å². The zero-order valence-electron chi connectivity index (χ0n) is 16.4. The van der Waals surface area contributed by atoms with Gasteiger partial charge in [-0.15, -0.1) is 0 Å². The Kier molecular flexibility index (Phi) is 4.37. The summed E-state index contributed by atoms with van der Waals surface area (Å²) in [5.74, 6) is 0.422. The van der Waals surface area contributed by atoms with Crippen molar-refractivity contribution in [3.63, 3.8) is 0 Å². The number of aromatic amines is 1. The van der Waals surface area contributed by atoms with Crippen LogP contribution in [0.2, 0.25) is 0 Å². The van der Waals surface area contributed by atoms with Crippen molar-refractivity contribution >= 4 is 11.8 Å². The summed E-state index contributed by atoms with van der Waals surface area (Å²) in [7, 11) is 1.76. The van der Waals surface area contributed by atoms with Gasteiger partial charge in [0.2, 0.25) is 11.8 Å². The lowest BCUT2D eigenvalue weighted by molar-refractivity contribution is -0.142. The van der Waals surface area contributed by atoms with Gasteiger partial charge in [0.15, 0.2) is 0 Å². The number of ether oxygens (including phenoxy) is 1. The number of rotatable bonds is 6. The fourth-order valence-corrected chi connectivity index (χ4v) is 4.57. The molecule has 7 heteroatoms. The van der Waals surface area contributed by atoms with E-state index in [0.29, 0.717) is 19.0 Å². The molecule has 2 amide bonds. The molecular weight excluding hydrogens is 344 g/mol. The molecule has 3 aliphatic rings. The maximum Gasteiger partial charge on any atom is 0.230 e. The Bertz CT molecular complexity index is 786. The standard InChI is InChI=1S/C20H28N4O3/c1-12(2)6-8-24-11-20-7-5-14(27-20)16(17(20)19(24)26)18(25)23(4)10-15-21-9-13(3)22-15/h5,7,9,12,14,16-17H,6,8,10-11H2,1-4H3,(H,21,22)/t14-,16+,17+,20-/m0/s1. The van der Waals surface area contributed by atoms with Gasteiger partial charge in [-0.25, -0.2) is 4.98 Å². The van der Waals surface area contributed by atoms with E-state index in [-0.39, 0.29) is 17.9 Å². The van der Waals surface area contributed by atoms with Crippen LogP contribution in [-0.4, -0.2) is 63.4 Å². The summed E-state index contributed by atoms with van der Waals surface area (Å²) in [6.07, 6.45) is 6.37. The molecule has 1 aromatic heterocycles. The minimum Gasteiger partial charge on any atom is -0.360 e. The van der Waals surface area contributed by atoms with E-state index in [0.717, 1.165) is 24.5 Å². The average molecular weight is 372 g/mol. The first-order chi connectivity index (χ1) is 12.8. The van der Waals surface area contributed by atoms with Crippen LogP contribution in [0.3, 0.4) is 0 Å². The average Bonchev–Trinajstić information content (AvgIpc) is 3.34. The molecule has 0 aliphatic carbocycles. The number of hydrogen-bond acceptors (Lipinski definition) is 4. The molecule has 7 nitrogen and oxygen atoms in total. The Morgan fingerprint density at radius 1 is 1.52 bits per heavy atom. The van der Waals surface area contributed by atoms with E-state index >= 15 is 0 Å². The molecule has 2 fully saturated rings. The number of imidazole rings is 1. The number of nitrogens with zero attached hydrogens (tertiary/aromatic N) is 3. The van der Waals surface area contributed by atoms with Crippen LogP contribution in [0.25, 0.3) is 0 Å². The van der Waals surface area contributed by atoms with Gasteiger partial charge in [-0.3, -0.25) is 9.59 Å². The van der Waals surface area contributed by atoms with Crippen molar-refractivity contribution in [3.8, 4) is 0 Å². The maximum atomic E-state index is 13.2. The Balaban J connectivity index is 1.51. The Morgan fingerprint density at radius 2 is 2.30 bits per heavy atom. The van der Waals surface area contributed by atoms with Crippen molar-refractivity contribution in [2.24, 2.45) is 17.8 Å². The number of carbonyl (C=O) groups is 2. The Hall–Kier alpha value is -2.15. The van der Waals surface area contributed by atoms with Crippen LogP contribution in [0, 0.1) is 24.7 Å². The van der Waals surface area contributed by atoms with Gasteiger partial charge in [-0.05, 0) is 19.3 Å². The SMILES string of the molecule is Cc1cnc(CN(C)C(=O)[C@@H]2[C@@H]3C=C[C@@]4(CN(CCC(C)C)C(=O)[C@@H]24)O3)[nH]1. The fraction of sp³-hybridized carbons (Fsp3) is 0.650. The number of carbonyl (C=O) groups excluding carboxylic acids is 2. The highest BCUT2D eigenvalue weighted by molar-refractivity contribution is 5.92. The molecule has 4 rings (SSSR count). The van der Waals surface area contributed by atoms with Gasteiger partial charge in [-0.2, -0.15) is 0 Å². The fourth-order valence-electron chi connectivity index (χ4n) is 4.57. The number of fused-ring (bicyclic) bond motifs is 1. The summed E-state index contributed by atoms with van der Waals surface area (Å²) in [6.45, 7) is 7.91. The highest BCUT2D eigenvalue weighted by Crippen LogP contribution is 2.52. The zero-order chi connectivity index (χ0) is 19.3. The van der Waals surface area contributed by atoms with Crippen LogP contribution >= 0.6 is 0 Å². The monoisotopic (exact) mass is 372 g/mol. The van der Waals surface area contributed by atoms with Crippen LogP contribution < -0.4 is 0 Å². The van der Waals surface area contributed by atoms with Crippen LogP contribution in [-0.2, 0) is 20.9 Å². The Labute approximate surface area is 159 Å². The number of H-pyrrole nitrogens is 1. The molecule has 4 atom stereocenters. The summed E-state index contributed by atoms with van der Waals surface area (Å²) in [4.78, 5) is 37.3. The largest absolute Gasteiger partial charge is 0.360 e. The first-order valence-corrected chi connectivity index (χ1v) is 9.72. The predicted molar refractivity (Wildman–Crippen MR) is 99.6 cm³/mol. The minimum absolute atomic E-state index is 0.0515. The van der Waals surface area contributed by atoms with E-state index in [9.17, 15) is 9.59 Å². The lowest BCUT2D eigenvalue weighted by atomic mass is 9.76. The van der Waals surface area contributed by atoms with Crippen molar-refractivity contribution in [3.05, 3.63) is 29.9 Å². The van der Waals surface area contributed by atoms with Crippen molar-refractivity contribution in [2.75, 3.05) is 20.1 Å². The van der Waals surface area contributed by atoms with Crippen molar-refractivity contribution in [1.29, 1.82) is 0 Å². The quantitative estimate of drug-likeness (QED) is 0.768. The van der Waals surface area contributed by atoms with Gasteiger partial charge < -0.3 is 19.5 Å². The third-order valence-electron chi connectivity index (χ3n) is 5.96. The topological polar surface area (TPSA) is 78.5 Å². The molecule has 146 valence electrons. The number of amides is 2. The summed E-state index contributed by atoms with van der Waals surface area (Å²) < 4.78 is 6.18. The molecule has 0 radical (unpaired) electrons. The lowest BCUT2D eigenvalue weighted by Gasteiger charge is -2.27. The Morgan fingerprint density at radius 3 is 2.96 bits per heavy atom. The van der Waals surface area contributed by atoms with Gasteiger partial charge >= 0.3 is 0 Å². The van der Waals surface area contributed by atoms with E-state index in [4.69, 9.17) is 4.74 Å². The van der Waals surface area contributed by atoms with Crippen LogP contribution in [0.1, 0.15) is 31.8 Å². The summed E-state index contributed by atoms with van der Waals surface area (Å²) in [6, 6.07) is 0. The second-order valence-corrected chi connectivity index (χ2v) is 8.55. The molecule has 1 spiro atoms. The number of hydrogen-bond donors (Lipinski definition) is 1. The first kappa shape index (κ1) is 18.2. The van der Waals surface area contributed by atoms with Gasteiger partial charge in [0.1, 0.15) is 11.4 Å². The molecule has 0 aromatic carbocycles. The van der Waals surface area contributed by atoms with Gasteiger partial charge in [-0.1, -0.05) is 26.0 Å². The number of aromatic nitrogens is 2. The first-order valence-electron chi connectivity index (χ1n) is 9.72. The molecule has 4 heterocycles. The third-order valence-corrected chi connectivity index (χ3v) is 5.96.